The predicted octanol–water partition coefficient (Wildman–Crippen LogP) is -0.141. The van der Waals surface area contributed by atoms with E-state index in [-0.39, 0.29) is 19.0 Å². The molecular weight excluding hydrogens is 252 g/mol. The number of hydrogen-bond donors (Lipinski definition) is 2. The van der Waals surface area contributed by atoms with E-state index in [0.717, 1.165) is 6.42 Å². The first-order valence-electron chi connectivity index (χ1n) is 6.42. The van der Waals surface area contributed by atoms with E-state index in [9.17, 15) is 14.4 Å². The normalized spacial score (nSPS) is 18.8. The molecule has 1 aliphatic rings. The van der Waals surface area contributed by atoms with E-state index < -0.39 is 18.0 Å². The molecule has 1 amide bonds. The van der Waals surface area contributed by atoms with Crippen molar-refractivity contribution in [2.24, 2.45) is 0 Å². The van der Waals surface area contributed by atoms with Crippen molar-refractivity contribution in [1.82, 2.24) is 9.80 Å². The summed E-state index contributed by atoms with van der Waals surface area (Å²) in [4.78, 5) is 36.6. The second-order valence-electron chi connectivity index (χ2n) is 4.69. The van der Waals surface area contributed by atoms with E-state index in [0.29, 0.717) is 25.9 Å². The zero-order valence-electron chi connectivity index (χ0n) is 11.0. The quantitative estimate of drug-likeness (QED) is 0.669. The lowest BCUT2D eigenvalue weighted by molar-refractivity contribution is -0.149. The number of carboxylic acids is 2. The van der Waals surface area contributed by atoms with Gasteiger partial charge in [0.15, 0.2) is 0 Å². The number of amides is 1. The predicted molar refractivity (Wildman–Crippen MR) is 66.7 cm³/mol. The van der Waals surface area contributed by atoms with Crippen molar-refractivity contribution >= 4 is 17.8 Å². The van der Waals surface area contributed by atoms with E-state index in [1.54, 1.807) is 0 Å². The molecule has 0 aromatic heterocycles. The minimum atomic E-state index is -0.994. The molecule has 0 spiro atoms. The molecule has 0 unspecified atom stereocenters. The molecule has 1 heterocycles. The van der Waals surface area contributed by atoms with Gasteiger partial charge >= 0.3 is 11.9 Å². The van der Waals surface area contributed by atoms with Gasteiger partial charge in [-0.15, -0.1) is 0 Å². The summed E-state index contributed by atoms with van der Waals surface area (Å²) in [7, 11) is 0. The van der Waals surface area contributed by atoms with Crippen molar-refractivity contribution in [3.8, 4) is 0 Å². The molecule has 1 atom stereocenters. The van der Waals surface area contributed by atoms with Crippen molar-refractivity contribution in [2.45, 2.75) is 32.2 Å². The maximum absolute atomic E-state index is 12.1. The Morgan fingerprint density at radius 1 is 1.26 bits per heavy atom. The molecule has 1 fully saturated rings. The number of carbonyl (C=O) groups excluding carboxylic acids is 1. The Balaban J connectivity index is 2.60. The third-order valence-corrected chi connectivity index (χ3v) is 3.12. The van der Waals surface area contributed by atoms with E-state index in [4.69, 9.17) is 10.2 Å². The van der Waals surface area contributed by atoms with Crippen molar-refractivity contribution in [2.75, 3.05) is 26.2 Å². The maximum Gasteiger partial charge on any atom is 0.326 e. The summed E-state index contributed by atoms with van der Waals surface area (Å²) in [5, 5.41) is 17.8. The highest BCUT2D eigenvalue weighted by Gasteiger charge is 2.34. The molecule has 108 valence electrons. The van der Waals surface area contributed by atoms with Crippen LogP contribution < -0.4 is 0 Å². The molecule has 1 saturated heterocycles. The van der Waals surface area contributed by atoms with Crippen molar-refractivity contribution in [3.63, 3.8) is 0 Å². The Morgan fingerprint density at radius 3 is 2.47 bits per heavy atom. The highest BCUT2D eigenvalue weighted by molar-refractivity contribution is 5.85. The number of aliphatic carboxylic acids is 2. The van der Waals surface area contributed by atoms with Gasteiger partial charge in [0.2, 0.25) is 5.91 Å². The fraction of sp³-hybridized carbons (Fsp3) is 0.750. The van der Waals surface area contributed by atoms with Gasteiger partial charge in [-0.1, -0.05) is 6.92 Å². The highest BCUT2D eigenvalue weighted by atomic mass is 16.4. The van der Waals surface area contributed by atoms with Gasteiger partial charge in [0.25, 0.3) is 0 Å². The second-order valence-corrected chi connectivity index (χ2v) is 4.69. The Labute approximate surface area is 111 Å². The van der Waals surface area contributed by atoms with Gasteiger partial charge in [-0.05, 0) is 25.8 Å². The van der Waals surface area contributed by atoms with Gasteiger partial charge < -0.3 is 15.1 Å². The lowest BCUT2D eigenvalue weighted by atomic mass is 10.2. The van der Waals surface area contributed by atoms with Gasteiger partial charge in [-0.2, -0.15) is 0 Å². The van der Waals surface area contributed by atoms with Crippen molar-refractivity contribution in [1.29, 1.82) is 0 Å². The van der Waals surface area contributed by atoms with Crippen LogP contribution in [0.5, 0.6) is 0 Å². The van der Waals surface area contributed by atoms with Crippen molar-refractivity contribution in [3.05, 3.63) is 0 Å². The monoisotopic (exact) mass is 272 g/mol. The number of hydrogen-bond acceptors (Lipinski definition) is 4. The van der Waals surface area contributed by atoms with Gasteiger partial charge in [-0.3, -0.25) is 14.5 Å². The number of likely N-dealkylation sites (tertiary alicyclic amines) is 1. The smallest absolute Gasteiger partial charge is 0.326 e. The van der Waals surface area contributed by atoms with Crippen LogP contribution in [0.25, 0.3) is 0 Å². The molecule has 7 heteroatoms. The van der Waals surface area contributed by atoms with Crippen LogP contribution in [0, 0.1) is 0 Å². The summed E-state index contributed by atoms with van der Waals surface area (Å²) in [5.41, 5.74) is 0. The zero-order valence-corrected chi connectivity index (χ0v) is 11.0. The summed E-state index contributed by atoms with van der Waals surface area (Å²) in [5.74, 6) is -2.29. The molecule has 19 heavy (non-hydrogen) atoms. The topological polar surface area (TPSA) is 98.2 Å². The summed E-state index contributed by atoms with van der Waals surface area (Å²) in [6.45, 7) is 2.59. The molecule has 0 saturated carbocycles. The van der Waals surface area contributed by atoms with Crippen LogP contribution in [-0.4, -0.2) is 70.1 Å². The van der Waals surface area contributed by atoms with Crippen LogP contribution in [0.3, 0.4) is 0 Å². The highest BCUT2D eigenvalue weighted by Crippen LogP contribution is 2.17. The summed E-state index contributed by atoms with van der Waals surface area (Å²) in [6, 6.07) is -0.763. The molecule has 1 aliphatic heterocycles. The lowest BCUT2D eigenvalue weighted by Crippen LogP contribution is -2.46. The van der Waals surface area contributed by atoms with E-state index in [1.165, 1.54) is 9.80 Å². The zero-order chi connectivity index (χ0) is 14.4. The molecule has 7 nitrogen and oxygen atoms in total. The van der Waals surface area contributed by atoms with Crippen LogP contribution >= 0.6 is 0 Å². The summed E-state index contributed by atoms with van der Waals surface area (Å²) < 4.78 is 0. The summed E-state index contributed by atoms with van der Waals surface area (Å²) >= 11 is 0. The lowest BCUT2D eigenvalue weighted by Gasteiger charge is -2.25. The first-order chi connectivity index (χ1) is 8.95. The van der Waals surface area contributed by atoms with Crippen LogP contribution in [-0.2, 0) is 14.4 Å². The third kappa shape index (κ3) is 4.51. The number of carboxylic acid groups (broad SMARTS) is 2. The molecule has 0 radical (unpaired) electrons. The SMILES string of the molecule is CCCN(CC(=O)O)CC(=O)N1CCC[C@H]1C(=O)O. The maximum atomic E-state index is 12.1. The molecule has 2 N–H and O–H groups in total. The van der Waals surface area contributed by atoms with E-state index in [1.807, 2.05) is 6.92 Å². The molecule has 0 aromatic carbocycles. The van der Waals surface area contributed by atoms with Crippen LogP contribution in [0.1, 0.15) is 26.2 Å². The minimum Gasteiger partial charge on any atom is -0.480 e. The van der Waals surface area contributed by atoms with Crippen molar-refractivity contribution < 1.29 is 24.6 Å². The Bertz CT molecular complexity index is 358. The number of carbonyl (C=O) groups is 3. The van der Waals surface area contributed by atoms with Gasteiger partial charge in [0.1, 0.15) is 6.04 Å². The van der Waals surface area contributed by atoms with Crippen LogP contribution in [0.2, 0.25) is 0 Å². The van der Waals surface area contributed by atoms with Crippen LogP contribution in [0.4, 0.5) is 0 Å². The van der Waals surface area contributed by atoms with Gasteiger partial charge in [0, 0.05) is 6.54 Å². The van der Waals surface area contributed by atoms with Gasteiger partial charge in [-0.25, -0.2) is 4.79 Å². The van der Waals surface area contributed by atoms with E-state index >= 15 is 0 Å². The van der Waals surface area contributed by atoms with Gasteiger partial charge in [0.05, 0.1) is 13.1 Å². The fourth-order valence-corrected chi connectivity index (χ4v) is 2.33. The van der Waals surface area contributed by atoms with E-state index in [2.05, 4.69) is 0 Å². The fourth-order valence-electron chi connectivity index (χ4n) is 2.33. The molecule has 1 rings (SSSR count). The molecular formula is C12H20N2O5. The second kappa shape index (κ2) is 7.08. The van der Waals surface area contributed by atoms with Crippen LogP contribution in [0.15, 0.2) is 0 Å². The number of nitrogens with zero attached hydrogens (tertiary/aromatic N) is 2. The third-order valence-electron chi connectivity index (χ3n) is 3.12. The largest absolute Gasteiger partial charge is 0.480 e. The Morgan fingerprint density at radius 2 is 1.95 bits per heavy atom. The molecule has 0 aliphatic carbocycles. The standard InChI is InChI=1S/C12H20N2O5/c1-2-5-13(8-11(16)17)7-10(15)14-6-3-4-9(14)12(18)19/h9H,2-8H2,1H3,(H,16,17)(H,18,19)/t9-/m0/s1. The summed E-state index contributed by atoms with van der Waals surface area (Å²) in [6.07, 6.45) is 1.88. The Hall–Kier alpha value is -1.63. The first-order valence-corrected chi connectivity index (χ1v) is 6.42. The number of rotatable bonds is 7. The average Bonchev–Trinajstić information content (AvgIpc) is 2.77. The molecule has 0 bridgehead atoms. The first kappa shape index (κ1) is 15.4. The molecule has 0 aromatic rings. The minimum absolute atomic E-state index is 0.0378. The Kier molecular flexibility index (Phi) is 5.75. The average molecular weight is 272 g/mol.